The van der Waals surface area contributed by atoms with Crippen LogP contribution in [0, 0.1) is 34.6 Å². The van der Waals surface area contributed by atoms with Crippen molar-refractivity contribution in [2.75, 3.05) is 0 Å². The average molecular weight is 407 g/mol. The molecule has 0 radical (unpaired) electrons. The predicted octanol–water partition coefficient (Wildman–Crippen LogP) is 2.41. The molecule has 16 heavy (non-hydrogen) atoms. The second-order valence-electron chi connectivity index (χ2n) is 4.38. The normalized spacial score (nSPS) is 9.88. The molecule has 84 valence electrons. The Kier molecular flexibility index (Phi) is 4.54. The van der Waals surface area contributed by atoms with E-state index in [0.717, 1.165) is 0 Å². The standard InChI is InChI=1S/C11H15.C2H4O2.Hg/c1-7-6-8(2)10(4)11(5)9(7)3;1-2(3)4;/h1-5H3;1H3,(H,3,4);/q;;+1/p-1. The maximum absolute atomic E-state index is 10.9. The molecule has 0 atom stereocenters. The number of rotatable bonds is 2. The van der Waals surface area contributed by atoms with Crippen LogP contribution in [0.5, 0.6) is 0 Å². The maximum atomic E-state index is 10.9. The van der Waals surface area contributed by atoms with Gasteiger partial charge in [0.15, 0.2) is 0 Å². The van der Waals surface area contributed by atoms with Crippen LogP contribution in [0.4, 0.5) is 0 Å². The average Bonchev–Trinajstić information content (AvgIpc) is 2.23. The van der Waals surface area contributed by atoms with Crippen molar-refractivity contribution in [1.29, 1.82) is 0 Å². The summed E-state index contributed by atoms with van der Waals surface area (Å²) >= 11 is -1.71. The summed E-state index contributed by atoms with van der Waals surface area (Å²) in [5, 5.41) is 0. The van der Waals surface area contributed by atoms with Crippen molar-refractivity contribution in [3.8, 4) is 0 Å². The van der Waals surface area contributed by atoms with Gasteiger partial charge in [0, 0.05) is 0 Å². The Morgan fingerprint density at radius 3 is 1.62 bits per heavy atom. The molecule has 1 aromatic carbocycles. The quantitative estimate of drug-likeness (QED) is 0.705. The molecular weight excluding hydrogens is 389 g/mol. The number of carbonyl (C=O) groups excluding carboxylic acids is 1. The first-order valence-electron chi connectivity index (χ1n) is 5.55. The molecule has 0 amide bonds. The molecule has 0 saturated carbocycles. The zero-order valence-electron chi connectivity index (χ0n) is 11.0. The van der Waals surface area contributed by atoms with Gasteiger partial charge in [-0.3, -0.25) is 0 Å². The number of hydrogen-bond donors (Lipinski definition) is 0. The number of benzene rings is 1. The van der Waals surface area contributed by atoms with Crippen molar-refractivity contribution >= 4 is 9.04 Å². The number of hydrogen-bond acceptors (Lipinski definition) is 2. The topological polar surface area (TPSA) is 26.3 Å². The molecule has 1 aromatic rings. The first-order chi connectivity index (χ1) is 7.36. The Labute approximate surface area is 110 Å². The van der Waals surface area contributed by atoms with Crippen molar-refractivity contribution in [1.82, 2.24) is 0 Å². The van der Waals surface area contributed by atoms with Gasteiger partial charge < -0.3 is 0 Å². The van der Waals surface area contributed by atoms with Gasteiger partial charge in [-0.25, -0.2) is 0 Å². The third kappa shape index (κ3) is 2.65. The second kappa shape index (κ2) is 5.30. The van der Waals surface area contributed by atoms with E-state index in [1.54, 1.807) is 0 Å². The molecule has 0 heterocycles. The summed E-state index contributed by atoms with van der Waals surface area (Å²) in [5.41, 5.74) is 6.75. The summed E-state index contributed by atoms with van der Waals surface area (Å²) in [6.07, 6.45) is 0. The molecule has 0 saturated heterocycles. The van der Waals surface area contributed by atoms with Crippen LogP contribution < -0.4 is 3.07 Å². The fraction of sp³-hybridized carbons (Fsp3) is 0.462. The van der Waals surface area contributed by atoms with E-state index in [1.807, 2.05) is 0 Å². The number of carbonyl (C=O) groups is 1. The van der Waals surface area contributed by atoms with Crippen molar-refractivity contribution in [3.05, 3.63) is 27.8 Å². The minimum absolute atomic E-state index is 0.128. The molecular formula is C13H18HgO2. The molecule has 1 rings (SSSR count). The van der Waals surface area contributed by atoms with Crippen LogP contribution in [0.25, 0.3) is 0 Å². The summed E-state index contributed by atoms with van der Waals surface area (Å²) in [6.45, 7) is 12.3. The molecule has 2 nitrogen and oxygen atoms in total. The molecule has 0 spiro atoms. The van der Waals surface area contributed by atoms with Crippen molar-refractivity contribution in [2.45, 2.75) is 41.5 Å². The molecule has 0 N–H and O–H groups in total. The summed E-state index contributed by atoms with van der Waals surface area (Å²) in [7, 11) is 0. The van der Waals surface area contributed by atoms with Gasteiger partial charge >= 0.3 is 111 Å². The Bertz CT molecular complexity index is 407. The van der Waals surface area contributed by atoms with Gasteiger partial charge in [0.2, 0.25) is 0 Å². The monoisotopic (exact) mass is 408 g/mol. The fourth-order valence-electron chi connectivity index (χ4n) is 1.97. The second-order valence-corrected chi connectivity index (χ2v) is 9.38. The third-order valence-electron chi connectivity index (χ3n) is 3.58. The Morgan fingerprint density at radius 2 is 1.25 bits per heavy atom. The first kappa shape index (κ1) is 13.7. The fourth-order valence-corrected chi connectivity index (χ4v) is 7.06. The van der Waals surface area contributed by atoms with Crippen LogP contribution in [0.15, 0.2) is 0 Å². The van der Waals surface area contributed by atoms with Gasteiger partial charge in [0.05, 0.1) is 0 Å². The van der Waals surface area contributed by atoms with Gasteiger partial charge in [-0.05, 0) is 0 Å². The SMILES string of the molecule is CC(=O)[O][Hg][c]1c(C)c(C)c(C)c(C)c1C. The van der Waals surface area contributed by atoms with Gasteiger partial charge in [-0.15, -0.1) is 0 Å². The third-order valence-corrected chi connectivity index (χ3v) is 11.0. The van der Waals surface area contributed by atoms with Gasteiger partial charge in [-0.2, -0.15) is 0 Å². The summed E-state index contributed by atoms with van der Waals surface area (Å²) in [4.78, 5) is 10.9. The van der Waals surface area contributed by atoms with Crippen molar-refractivity contribution in [2.24, 2.45) is 0 Å². The van der Waals surface area contributed by atoms with E-state index in [0.29, 0.717) is 0 Å². The molecule has 0 fully saturated rings. The molecule has 3 heteroatoms. The summed E-state index contributed by atoms with van der Waals surface area (Å²) < 4.78 is 6.69. The summed E-state index contributed by atoms with van der Waals surface area (Å²) in [5.74, 6) is -0.128. The van der Waals surface area contributed by atoms with Crippen molar-refractivity contribution in [3.63, 3.8) is 0 Å². The van der Waals surface area contributed by atoms with Crippen LogP contribution >= 0.6 is 0 Å². The van der Waals surface area contributed by atoms with E-state index in [-0.39, 0.29) is 5.97 Å². The Morgan fingerprint density at radius 1 is 0.875 bits per heavy atom. The molecule has 0 aromatic heterocycles. The minimum atomic E-state index is -1.71. The van der Waals surface area contributed by atoms with Gasteiger partial charge in [0.25, 0.3) is 0 Å². The molecule has 0 unspecified atom stereocenters. The Hall–Kier alpha value is -0.375. The van der Waals surface area contributed by atoms with Gasteiger partial charge in [-0.1, -0.05) is 0 Å². The van der Waals surface area contributed by atoms with Crippen LogP contribution in [0.1, 0.15) is 34.7 Å². The van der Waals surface area contributed by atoms with Crippen molar-refractivity contribution < 1.29 is 32.5 Å². The molecule has 0 aliphatic rings. The molecule has 0 aliphatic carbocycles. The van der Waals surface area contributed by atoms with Crippen LogP contribution in [0.2, 0.25) is 0 Å². The Balaban J connectivity index is 3.23. The molecule has 0 aliphatic heterocycles. The predicted molar refractivity (Wildman–Crippen MR) is 61.5 cm³/mol. The van der Waals surface area contributed by atoms with E-state index < -0.39 is 25.0 Å². The zero-order chi connectivity index (χ0) is 12.5. The van der Waals surface area contributed by atoms with E-state index in [1.165, 1.54) is 37.8 Å². The first-order valence-corrected chi connectivity index (χ1v) is 10.5. The van der Waals surface area contributed by atoms with Gasteiger partial charge in [0.1, 0.15) is 0 Å². The van der Waals surface area contributed by atoms with Crippen LogP contribution in [0.3, 0.4) is 0 Å². The van der Waals surface area contributed by atoms with E-state index in [9.17, 15) is 4.79 Å². The van der Waals surface area contributed by atoms with Crippen LogP contribution in [-0.2, 0) is 32.5 Å². The summed E-state index contributed by atoms with van der Waals surface area (Å²) in [6, 6.07) is 0. The zero-order valence-corrected chi connectivity index (χ0v) is 16.5. The molecule has 0 bridgehead atoms. The van der Waals surface area contributed by atoms with E-state index in [2.05, 4.69) is 34.6 Å². The van der Waals surface area contributed by atoms with E-state index >= 15 is 0 Å². The van der Waals surface area contributed by atoms with E-state index in [4.69, 9.17) is 2.64 Å². The van der Waals surface area contributed by atoms with Crippen LogP contribution in [-0.4, -0.2) is 5.97 Å².